The van der Waals surface area contributed by atoms with Crippen LogP contribution >= 0.6 is 0 Å². The number of nitrogens with two attached hydrogens (primary N) is 1. The smallest absolute Gasteiger partial charge is 0.245 e. The molecule has 0 amide bonds. The summed E-state index contributed by atoms with van der Waals surface area (Å²) in [6.45, 7) is 1.13. The van der Waals surface area contributed by atoms with E-state index in [1.54, 1.807) is 30.3 Å². The van der Waals surface area contributed by atoms with Gasteiger partial charge >= 0.3 is 0 Å². The maximum Gasteiger partial charge on any atom is 0.245 e. The maximum absolute atomic E-state index is 11.5. The first-order chi connectivity index (χ1) is 13.4. The quantitative estimate of drug-likeness (QED) is 0.662. The number of aromatic nitrogens is 3. The van der Waals surface area contributed by atoms with E-state index >= 15 is 0 Å². The lowest BCUT2D eigenvalue weighted by atomic mass is 10.1. The summed E-state index contributed by atoms with van der Waals surface area (Å²) in [6, 6.07) is 10.5. The van der Waals surface area contributed by atoms with Gasteiger partial charge in [0.1, 0.15) is 6.10 Å². The number of benzene rings is 1. The molecule has 1 atom stereocenters. The van der Waals surface area contributed by atoms with Crippen molar-refractivity contribution in [1.29, 1.82) is 0 Å². The molecule has 1 fully saturated rings. The first kappa shape index (κ1) is 18.4. The Morgan fingerprint density at radius 2 is 2.07 bits per heavy atom. The summed E-state index contributed by atoms with van der Waals surface area (Å²) in [4.78, 5) is 13.1. The van der Waals surface area contributed by atoms with Gasteiger partial charge in [0.2, 0.25) is 21.9 Å². The van der Waals surface area contributed by atoms with Crippen molar-refractivity contribution in [2.75, 3.05) is 29.9 Å². The average molecular weight is 401 g/mol. The lowest BCUT2D eigenvalue weighted by Gasteiger charge is -2.13. The van der Waals surface area contributed by atoms with Crippen molar-refractivity contribution in [3.8, 4) is 17.1 Å². The number of anilines is 2. The van der Waals surface area contributed by atoms with Crippen molar-refractivity contribution in [2.45, 2.75) is 12.5 Å². The van der Waals surface area contributed by atoms with Crippen LogP contribution < -0.4 is 15.2 Å². The van der Waals surface area contributed by atoms with Crippen LogP contribution in [0.3, 0.4) is 0 Å². The van der Waals surface area contributed by atoms with Gasteiger partial charge in [0.15, 0.2) is 5.52 Å². The van der Waals surface area contributed by atoms with Crippen molar-refractivity contribution in [2.24, 2.45) is 0 Å². The van der Waals surface area contributed by atoms with E-state index in [4.69, 9.17) is 15.2 Å². The Morgan fingerprint density at radius 3 is 2.82 bits per heavy atom. The van der Waals surface area contributed by atoms with Crippen molar-refractivity contribution in [3.05, 3.63) is 36.4 Å². The third-order valence-corrected chi connectivity index (χ3v) is 4.76. The molecule has 28 heavy (non-hydrogen) atoms. The zero-order valence-electron chi connectivity index (χ0n) is 15.1. The van der Waals surface area contributed by atoms with Crippen LogP contribution in [0.1, 0.15) is 6.42 Å². The Kier molecular flexibility index (Phi) is 4.73. The summed E-state index contributed by atoms with van der Waals surface area (Å²) in [5, 5.41) is 0. The summed E-state index contributed by atoms with van der Waals surface area (Å²) < 4.78 is 36.7. The summed E-state index contributed by atoms with van der Waals surface area (Å²) in [5.74, 6) is 0.417. The van der Waals surface area contributed by atoms with Gasteiger partial charge in [-0.2, -0.15) is 4.98 Å². The number of nitrogen functional groups attached to an aromatic ring is 1. The van der Waals surface area contributed by atoms with Gasteiger partial charge in [-0.05, 0) is 24.3 Å². The highest BCUT2D eigenvalue weighted by atomic mass is 32.2. The fourth-order valence-corrected chi connectivity index (χ4v) is 3.52. The molecule has 0 saturated carbocycles. The van der Waals surface area contributed by atoms with Crippen LogP contribution in [0.4, 0.5) is 11.6 Å². The van der Waals surface area contributed by atoms with Crippen LogP contribution in [0, 0.1) is 0 Å². The van der Waals surface area contributed by atoms with Gasteiger partial charge in [0.05, 0.1) is 30.7 Å². The second kappa shape index (κ2) is 7.21. The van der Waals surface area contributed by atoms with E-state index in [1.807, 2.05) is 6.07 Å². The highest BCUT2D eigenvalue weighted by molar-refractivity contribution is 7.92. The summed E-state index contributed by atoms with van der Waals surface area (Å²) in [6.07, 6.45) is 1.77. The second-order valence-electron chi connectivity index (χ2n) is 6.51. The van der Waals surface area contributed by atoms with E-state index in [-0.39, 0.29) is 12.1 Å². The molecule has 1 saturated heterocycles. The van der Waals surface area contributed by atoms with Crippen LogP contribution in [0.15, 0.2) is 36.4 Å². The van der Waals surface area contributed by atoms with Gasteiger partial charge in [-0.15, -0.1) is 0 Å². The molecule has 10 heteroatoms. The van der Waals surface area contributed by atoms with Crippen LogP contribution in [0.2, 0.25) is 0 Å². The predicted octanol–water partition coefficient (Wildman–Crippen LogP) is 1.81. The van der Waals surface area contributed by atoms with Crippen LogP contribution in [0.5, 0.6) is 5.88 Å². The van der Waals surface area contributed by atoms with Gasteiger partial charge in [0, 0.05) is 17.7 Å². The van der Waals surface area contributed by atoms with E-state index in [2.05, 4.69) is 19.7 Å². The van der Waals surface area contributed by atoms with Gasteiger partial charge in [-0.25, -0.2) is 18.4 Å². The van der Waals surface area contributed by atoms with Crippen molar-refractivity contribution < 1.29 is 17.9 Å². The van der Waals surface area contributed by atoms with Gasteiger partial charge < -0.3 is 15.2 Å². The number of hydrogen-bond donors (Lipinski definition) is 2. The molecule has 3 aromatic rings. The number of fused-ring (bicyclic) bond motifs is 1. The van der Waals surface area contributed by atoms with Crippen molar-refractivity contribution >= 4 is 32.7 Å². The van der Waals surface area contributed by atoms with Crippen LogP contribution in [0.25, 0.3) is 22.3 Å². The monoisotopic (exact) mass is 401 g/mol. The molecule has 0 aliphatic carbocycles. The highest BCUT2D eigenvalue weighted by Gasteiger charge is 2.20. The topological polar surface area (TPSA) is 129 Å². The summed E-state index contributed by atoms with van der Waals surface area (Å²) in [5.41, 5.74) is 8.67. The lowest BCUT2D eigenvalue weighted by Crippen LogP contribution is -2.17. The second-order valence-corrected chi connectivity index (χ2v) is 8.26. The minimum absolute atomic E-state index is 0.106. The molecule has 9 nitrogen and oxygen atoms in total. The number of pyridine rings is 1. The maximum atomic E-state index is 11.5. The molecule has 2 aromatic heterocycles. The van der Waals surface area contributed by atoms with Gasteiger partial charge in [-0.1, -0.05) is 12.1 Å². The molecular formula is C18H19N5O4S. The van der Waals surface area contributed by atoms with Crippen LogP contribution in [-0.4, -0.2) is 48.9 Å². The van der Waals surface area contributed by atoms with Crippen molar-refractivity contribution in [3.63, 3.8) is 0 Å². The van der Waals surface area contributed by atoms with Gasteiger partial charge in [0.25, 0.3) is 0 Å². The molecule has 0 radical (unpaired) electrons. The third-order valence-electron chi connectivity index (χ3n) is 4.16. The number of nitrogens with zero attached hydrogens (tertiary/aromatic N) is 3. The molecule has 1 aliphatic heterocycles. The van der Waals surface area contributed by atoms with Gasteiger partial charge in [-0.3, -0.25) is 4.72 Å². The Balaban J connectivity index is 1.74. The molecule has 146 valence electrons. The number of ether oxygens (including phenoxy) is 2. The fraction of sp³-hybridized carbons (Fsp3) is 0.278. The minimum Gasteiger partial charge on any atom is -0.470 e. The lowest BCUT2D eigenvalue weighted by molar-refractivity contribution is 0.139. The Hall–Kier alpha value is -2.98. The van der Waals surface area contributed by atoms with E-state index in [9.17, 15) is 8.42 Å². The SMILES string of the molecule is CS(=O)(=O)Nc1cccc(-c2ccc3nc(N)nc(O[C@@H]4CCOC4)c3n2)c1. The standard InChI is InChI=1S/C18H19N5O4S/c1-28(24,25)23-12-4-2-3-11(9-12)14-5-6-15-16(20-14)17(22-18(19)21-15)27-13-7-8-26-10-13/h2-6,9,13,23H,7-8,10H2,1H3,(H2,19,21,22)/t13-/m1/s1. The molecule has 3 N–H and O–H groups in total. The Morgan fingerprint density at radius 1 is 1.21 bits per heavy atom. The molecule has 1 aliphatic rings. The average Bonchev–Trinajstić information content (AvgIpc) is 3.13. The molecular weight excluding hydrogens is 382 g/mol. The van der Waals surface area contributed by atoms with E-state index < -0.39 is 10.0 Å². The summed E-state index contributed by atoms with van der Waals surface area (Å²) >= 11 is 0. The van der Waals surface area contributed by atoms with E-state index in [1.165, 1.54) is 0 Å². The normalized spacial score (nSPS) is 17.0. The zero-order valence-corrected chi connectivity index (χ0v) is 15.9. The predicted molar refractivity (Wildman–Crippen MR) is 105 cm³/mol. The zero-order chi connectivity index (χ0) is 19.7. The summed E-state index contributed by atoms with van der Waals surface area (Å²) in [7, 11) is -3.37. The number of nitrogens with one attached hydrogen (secondary N) is 1. The first-order valence-electron chi connectivity index (χ1n) is 8.64. The highest BCUT2D eigenvalue weighted by Crippen LogP contribution is 2.28. The van der Waals surface area contributed by atoms with Crippen molar-refractivity contribution in [1.82, 2.24) is 15.0 Å². The third kappa shape index (κ3) is 4.12. The molecule has 0 unspecified atom stereocenters. The molecule has 1 aromatic carbocycles. The molecule has 0 bridgehead atoms. The Labute approximate surface area is 162 Å². The van der Waals surface area contributed by atoms with E-state index in [0.717, 1.165) is 18.2 Å². The molecule has 3 heterocycles. The van der Waals surface area contributed by atoms with Crippen LogP contribution in [-0.2, 0) is 14.8 Å². The fourth-order valence-electron chi connectivity index (χ4n) is 2.97. The number of rotatable bonds is 5. The minimum atomic E-state index is -3.37. The van der Waals surface area contributed by atoms with E-state index in [0.29, 0.717) is 41.5 Å². The largest absolute Gasteiger partial charge is 0.470 e. The number of sulfonamides is 1. The Bertz CT molecular complexity index is 1130. The number of hydrogen-bond acceptors (Lipinski definition) is 8. The first-order valence-corrected chi connectivity index (χ1v) is 10.5. The molecule has 0 spiro atoms. The molecule has 4 rings (SSSR count).